The molecule has 32 heavy (non-hydrogen) atoms. The van der Waals surface area contributed by atoms with E-state index in [0.717, 1.165) is 11.1 Å². The Morgan fingerprint density at radius 1 is 0.594 bits per heavy atom. The van der Waals surface area contributed by atoms with Gasteiger partial charge in [0.15, 0.2) is 0 Å². The lowest BCUT2D eigenvalue weighted by molar-refractivity contribution is -0.266. The summed E-state index contributed by atoms with van der Waals surface area (Å²) in [5.41, 5.74) is 1.95. The number of ether oxygens (including phenoxy) is 4. The number of benzene rings is 2. The first-order valence-corrected chi connectivity index (χ1v) is 10.8. The Kier molecular flexibility index (Phi) is 9.62. The summed E-state index contributed by atoms with van der Waals surface area (Å²) in [7, 11) is 0. The molecule has 2 N–H and O–H groups in total. The van der Waals surface area contributed by atoms with Crippen LogP contribution in [0.4, 0.5) is 0 Å². The van der Waals surface area contributed by atoms with Gasteiger partial charge in [0.25, 0.3) is 0 Å². The molecule has 6 heteroatoms. The fourth-order valence-electron chi connectivity index (χ4n) is 3.81. The summed E-state index contributed by atoms with van der Waals surface area (Å²) in [6.45, 7) is 8.34. The standard InChI is InChI=1S/C26H32O6/c1-3-15-29-23-21(27)22(28)24(30-16-4-2)26(32-18-20-13-9-6-10-14-20)25(23)31-17-19-11-7-5-8-12-19/h3-14,21-28H,1-2,15-18H2/t21-,22+,23-,24+,25+,26-. The van der Waals surface area contributed by atoms with Crippen molar-refractivity contribution in [1.82, 2.24) is 0 Å². The number of rotatable bonds is 12. The SMILES string of the molecule is C=CCO[C@@H]1[C@H](O)[C@H](O)[C@H](OCC=C)[C@@H](OCc2ccccc2)[C@H]1OCc1ccccc1. The Hall–Kier alpha value is -2.32. The molecule has 0 spiro atoms. The fourth-order valence-corrected chi connectivity index (χ4v) is 3.81. The second-order valence-corrected chi connectivity index (χ2v) is 7.68. The van der Waals surface area contributed by atoms with E-state index in [0.29, 0.717) is 13.2 Å². The van der Waals surface area contributed by atoms with Crippen molar-refractivity contribution >= 4 is 0 Å². The molecule has 0 heterocycles. The minimum absolute atomic E-state index is 0.198. The zero-order valence-electron chi connectivity index (χ0n) is 18.2. The first-order valence-electron chi connectivity index (χ1n) is 10.8. The van der Waals surface area contributed by atoms with Crippen molar-refractivity contribution in [1.29, 1.82) is 0 Å². The van der Waals surface area contributed by atoms with Crippen molar-refractivity contribution in [2.24, 2.45) is 0 Å². The molecule has 0 radical (unpaired) electrons. The predicted molar refractivity (Wildman–Crippen MR) is 122 cm³/mol. The van der Waals surface area contributed by atoms with E-state index in [1.807, 2.05) is 60.7 Å². The maximum atomic E-state index is 10.9. The Morgan fingerprint density at radius 3 is 1.31 bits per heavy atom. The zero-order valence-corrected chi connectivity index (χ0v) is 18.2. The topological polar surface area (TPSA) is 77.4 Å². The Labute approximate surface area is 189 Å². The molecule has 1 saturated carbocycles. The van der Waals surface area contributed by atoms with Gasteiger partial charge in [-0.3, -0.25) is 0 Å². The molecule has 2 aromatic carbocycles. The van der Waals surface area contributed by atoms with E-state index in [-0.39, 0.29) is 13.2 Å². The monoisotopic (exact) mass is 440 g/mol. The lowest BCUT2D eigenvalue weighted by atomic mass is 9.84. The van der Waals surface area contributed by atoms with E-state index in [9.17, 15) is 10.2 Å². The van der Waals surface area contributed by atoms with Crippen LogP contribution in [0.2, 0.25) is 0 Å². The number of aliphatic hydroxyl groups is 2. The highest BCUT2D eigenvalue weighted by atomic mass is 16.6. The molecule has 172 valence electrons. The van der Waals surface area contributed by atoms with Crippen molar-refractivity contribution in [3.8, 4) is 0 Å². The number of hydrogen-bond donors (Lipinski definition) is 2. The van der Waals surface area contributed by atoms with Crippen molar-refractivity contribution in [3.05, 3.63) is 97.1 Å². The Balaban J connectivity index is 1.86. The minimum Gasteiger partial charge on any atom is -0.387 e. The summed E-state index contributed by atoms with van der Waals surface area (Å²) < 4.78 is 24.2. The molecule has 2 aromatic rings. The van der Waals surface area contributed by atoms with E-state index >= 15 is 0 Å². The van der Waals surface area contributed by atoms with Crippen molar-refractivity contribution in [2.75, 3.05) is 13.2 Å². The third-order valence-corrected chi connectivity index (χ3v) is 5.38. The van der Waals surface area contributed by atoms with Gasteiger partial charge in [0.1, 0.15) is 36.6 Å². The van der Waals surface area contributed by atoms with E-state index in [2.05, 4.69) is 13.2 Å². The number of aliphatic hydroxyl groups excluding tert-OH is 2. The molecule has 0 aromatic heterocycles. The van der Waals surface area contributed by atoms with Gasteiger partial charge < -0.3 is 29.2 Å². The summed E-state index contributed by atoms with van der Waals surface area (Å²) in [6.07, 6.45) is -2.28. The van der Waals surface area contributed by atoms with Crippen molar-refractivity contribution in [2.45, 2.75) is 49.8 Å². The lowest BCUT2D eigenvalue weighted by Gasteiger charge is -2.46. The molecule has 0 unspecified atom stereocenters. The summed E-state index contributed by atoms with van der Waals surface area (Å²) >= 11 is 0. The highest BCUT2D eigenvalue weighted by molar-refractivity contribution is 5.15. The first kappa shape index (κ1) is 24.3. The van der Waals surface area contributed by atoms with Crippen LogP contribution in [0.15, 0.2) is 86.0 Å². The highest BCUT2D eigenvalue weighted by Crippen LogP contribution is 2.31. The maximum absolute atomic E-state index is 10.9. The summed E-state index contributed by atoms with van der Waals surface area (Å²) in [4.78, 5) is 0. The van der Waals surface area contributed by atoms with Crippen molar-refractivity contribution < 1.29 is 29.2 Å². The van der Waals surface area contributed by atoms with E-state index < -0.39 is 36.6 Å². The summed E-state index contributed by atoms with van der Waals surface area (Å²) in [6, 6.07) is 19.4. The molecule has 6 nitrogen and oxygen atoms in total. The van der Waals surface area contributed by atoms with Crippen LogP contribution in [0.25, 0.3) is 0 Å². The van der Waals surface area contributed by atoms with Crippen LogP contribution in [0.5, 0.6) is 0 Å². The van der Waals surface area contributed by atoms with Gasteiger partial charge in [-0.15, -0.1) is 13.2 Å². The van der Waals surface area contributed by atoms with Gasteiger partial charge in [0.2, 0.25) is 0 Å². The number of hydrogen-bond acceptors (Lipinski definition) is 6. The molecule has 6 atom stereocenters. The molecule has 0 amide bonds. The maximum Gasteiger partial charge on any atom is 0.116 e. The molecule has 1 fully saturated rings. The summed E-state index contributed by atoms with van der Waals surface area (Å²) in [5, 5.41) is 21.7. The molecular weight excluding hydrogens is 408 g/mol. The van der Waals surface area contributed by atoms with Gasteiger partial charge >= 0.3 is 0 Å². The molecular formula is C26H32O6. The largest absolute Gasteiger partial charge is 0.387 e. The minimum atomic E-state index is -1.22. The van der Waals surface area contributed by atoms with Crippen LogP contribution in [-0.4, -0.2) is 60.1 Å². The van der Waals surface area contributed by atoms with Crippen LogP contribution in [0, 0.1) is 0 Å². The average Bonchev–Trinajstić information content (AvgIpc) is 2.83. The molecule has 0 aliphatic heterocycles. The highest BCUT2D eigenvalue weighted by Gasteiger charge is 2.52. The van der Waals surface area contributed by atoms with Crippen LogP contribution in [0.1, 0.15) is 11.1 Å². The van der Waals surface area contributed by atoms with Gasteiger partial charge in [-0.2, -0.15) is 0 Å². The summed E-state index contributed by atoms with van der Waals surface area (Å²) in [5.74, 6) is 0. The average molecular weight is 441 g/mol. The van der Waals surface area contributed by atoms with Gasteiger partial charge in [-0.25, -0.2) is 0 Å². The fraction of sp³-hybridized carbons (Fsp3) is 0.385. The molecule has 1 aliphatic carbocycles. The van der Waals surface area contributed by atoms with E-state index in [1.165, 1.54) is 0 Å². The Bertz CT molecular complexity index is 742. The second kappa shape index (κ2) is 12.6. The normalized spacial score (nSPS) is 27.7. The van der Waals surface area contributed by atoms with Crippen LogP contribution >= 0.6 is 0 Å². The van der Waals surface area contributed by atoms with Crippen LogP contribution in [0.3, 0.4) is 0 Å². The van der Waals surface area contributed by atoms with Crippen LogP contribution in [-0.2, 0) is 32.2 Å². The van der Waals surface area contributed by atoms with Gasteiger partial charge in [-0.1, -0.05) is 72.8 Å². The van der Waals surface area contributed by atoms with Gasteiger partial charge in [0.05, 0.1) is 26.4 Å². The molecule has 3 rings (SSSR count). The van der Waals surface area contributed by atoms with Crippen LogP contribution < -0.4 is 0 Å². The molecule has 0 saturated heterocycles. The second-order valence-electron chi connectivity index (χ2n) is 7.68. The lowest BCUT2D eigenvalue weighted by Crippen LogP contribution is -2.66. The van der Waals surface area contributed by atoms with Gasteiger partial charge in [-0.05, 0) is 11.1 Å². The predicted octanol–water partition coefficient (Wildman–Crippen LogP) is 3.04. The van der Waals surface area contributed by atoms with E-state index in [4.69, 9.17) is 18.9 Å². The first-order chi connectivity index (χ1) is 15.7. The molecule has 0 bridgehead atoms. The smallest absolute Gasteiger partial charge is 0.116 e. The Morgan fingerprint density at radius 2 is 0.969 bits per heavy atom. The zero-order chi connectivity index (χ0) is 22.8. The van der Waals surface area contributed by atoms with E-state index in [1.54, 1.807) is 12.2 Å². The van der Waals surface area contributed by atoms with Crippen molar-refractivity contribution in [3.63, 3.8) is 0 Å². The molecule has 1 aliphatic rings. The third kappa shape index (κ3) is 6.36. The quantitative estimate of drug-likeness (QED) is 0.494. The van der Waals surface area contributed by atoms with Gasteiger partial charge in [0, 0.05) is 0 Å². The third-order valence-electron chi connectivity index (χ3n) is 5.38.